The number of rotatable bonds is 3. The lowest BCUT2D eigenvalue weighted by molar-refractivity contribution is -0.144. The Bertz CT molecular complexity index is 523. The summed E-state index contributed by atoms with van der Waals surface area (Å²) in [5.74, 6) is 0.400. The van der Waals surface area contributed by atoms with Crippen LogP contribution in [-0.2, 0) is 18.8 Å². The van der Waals surface area contributed by atoms with Crippen molar-refractivity contribution in [2.45, 2.75) is 19.1 Å². The molecule has 20 heavy (non-hydrogen) atoms. The Balaban J connectivity index is 1.82. The van der Waals surface area contributed by atoms with Crippen LogP contribution in [0.3, 0.4) is 0 Å². The fraction of sp³-hybridized carbons (Fsp3) is 0.462. The van der Waals surface area contributed by atoms with Crippen LogP contribution in [0.1, 0.15) is 18.6 Å². The summed E-state index contributed by atoms with van der Waals surface area (Å²) in [5.41, 5.74) is 7.62. The molecule has 7 heteroatoms. The molecule has 0 radical (unpaired) electrons. The lowest BCUT2D eigenvalue weighted by Gasteiger charge is -2.18. The first-order valence-corrected chi connectivity index (χ1v) is 6.59. The molecular weight excluding hydrogens is 261 g/mol. The van der Waals surface area contributed by atoms with E-state index in [1.54, 1.807) is 0 Å². The zero-order valence-electron chi connectivity index (χ0n) is 11.2. The van der Waals surface area contributed by atoms with Crippen LogP contribution in [0.25, 0.3) is 0 Å². The normalized spacial score (nSPS) is 23.8. The molecule has 0 saturated carbocycles. The van der Waals surface area contributed by atoms with Crippen LogP contribution in [0.15, 0.2) is 18.2 Å². The summed E-state index contributed by atoms with van der Waals surface area (Å²) < 4.78 is 22.4. The maximum Gasteiger partial charge on any atom is 0.499 e. The van der Waals surface area contributed by atoms with Crippen LogP contribution in [0.5, 0.6) is 5.75 Å². The molecule has 0 amide bonds. The van der Waals surface area contributed by atoms with E-state index in [1.165, 1.54) is 6.92 Å². The number of carbonyl (C=O) groups is 1. The Morgan fingerprint density at radius 1 is 1.50 bits per heavy atom. The Morgan fingerprint density at radius 3 is 3.10 bits per heavy atom. The zero-order valence-corrected chi connectivity index (χ0v) is 11.2. The third-order valence-corrected chi connectivity index (χ3v) is 3.40. The molecule has 0 fully saturated rings. The maximum absolute atomic E-state index is 10.9. The second kappa shape index (κ2) is 5.44. The van der Waals surface area contributed by atoms with E-state index in [0.29, 0.717) is 13.2 Å². The van der Waals surface area contributed by atoms with Crippen LogP contribution in [0, 0.1) is 0 Å². The molecule has 106 valence electrons. The predicted octanol–water partition coefficient (Wildman–Crippen LogP) is -0.248. The second-order valence-corrected chi connectivity index (χ2v) is 4.82. The summed E-state index contributed by atoms with van der Waals surface area (Å²) in [4.78, 5) is 10.9. The maximum atomic E-state index is 10.9. The van der Waals surface area contributed by atoms with Gasteiger partial charge in [0.25, 0.3) is 0 Å². The summed E-state index contributed by atoms with van der Waals surface area (Å²) in [6, 6.07) is 5.76. The van der Waals surface area contributed by atoms with Gasteiger partial charge in [0.15, 0.2) is 0 Å². The van der Waals surface area contributed by atoms with E-state index in [1.807, 2.05) is 18.2 Å². The van der Waals surface area contributed by atoms with E-state index >= 15 is 0 Å². The van der Waals surface area contributed by atoms with Crippen LogP contribution < -0.4 is 15.9 Å². The molecule has 1 aromatic carbocycles. The van der Waals surface area contributed by atoms with E-state index < -0.39 is 7.12 Å². The number of hydrogen-bond donors (Lipinski definition) is 1. The van der Waals surface area contributed by atoms with Crippen molar-refractivity contribution in [1.82, 2.24) is 0 Å². The highest BCUT2D eigenvalue weighted by atomic mass is 16.6. The minimum atomic E-state index is -0.516. The largest absolute Gasteiger partial charge is 0.499 e. The first-order chi connectivity index (χ1) is 9.69. The van der Waals surface area contributed by atoms with Crippen LogP contribution in [-0.4, -0.2) is 39.0 Å². The van der Waals surface area contributed by atoms with Crippen molar-refractivity contribution < 1.29 is 23.6 Å². The van der Waals surface area contributed by atoms with Crippen molar-refractivity contribution >= 4 is 18.6 Å². The lowest BCUT2D eigenvalue weighted by atomic mass is 9.77. The first-order valence-electron chi connectivity index (χ1n) is 6.59. The molecule has 0 spiro atoms. The summed E-state index contributed by atoms with van der Waals surface area (Å²) in [7, 11) is -0.516. The van der Waals surface area contributed by atoms with Gasteiger partial charge in [0.1, 0.15) is 25.1 Å². The van der Waals surface area contributed by atoms with Crippen molar-refractivity contribution in [3.05, 3.63) is 23.8 Å². The molecule has 0 aromatic heterocycles. The molecule has 2 aliphatic rings. The third kappa shape index (κ3) is 2.39. The van der Waals surface area contributed by atoms with Crippen molar-refractivity contribution in [2.75, 3.05) is 19.8 Å². The molecule has 0 bridgehead atoms. The van der Waals surface area contributed by atoms with Gasteiger partial charge in [-0.1, -0.05) is 12.1 Å². The van der Waals surface area contributed by atoms with Gasteiger partial charge in [-0.05, 0) is 11.6 Å². The van der Waals surface area contributed by atoms with Gasteiger partial charge in [0.05, 0.1) is 6.10 Å². The highest BCUT2D eigenvalue weighted by Crippen LogP contribution is 2.30. The van der Waals surface area contributed by atoms with Crippen LogP contribution in [0.4, 0.5) is 0 Å². The average molecular weight is 277 g/mol. The van der Waals surface area contributed by atoms with Crippen molar-refractivity contribution in [3.63, 3.8) is 0 Å². The molecule has 2 aliphatic heterocycles. The molecule has 0 saturated heterocycles. The smallest absolute Gasteiger partial charge is 0.491 e. The highest BCUT2D eigenvalue weighted by molar-refractivity contribution is 6.64. The minimum Gasteiger partial charge on any atom is -0.491 e. The minimum absolute atomic E-state index is 0.145. The number of ether oxygens (including phenoxy) is 2. The fourth-order valence-electron chi connectivity index (χ4n) is 2.49. The Labute approximate surface area is 117 Å². The number of carbonyl (C=O) groups excluding carboxylic acids is 1. The number of nitrogens with two attached hydrogens (primary N) is 1. The summed E-state index contributed by atoms with van der Waals surface area (Å²) in [6.07, 6.45) is -0.549. The number of esters is 1. The number of hydrogen-bond acceptors (Lipinski definition) is 6. The topological polar surface area (TPSA) is 80.0 Å². The highest BCUT2D eigenvalue weighted by Gasteiger charge is 2.43. The Morgan fingerprint density at radius 2 is 2.35 bits per heavy atom. The van der Waals surface area contributed by atoms with Gasteiger partial charge in [-0.15, -0.1) is 0 Å². The van der Waals surface area contributed by atoms with E-state index in [0.717, 1.165) is 16.8 Å². The van der Waals surface area contributed by atoms with E-state index in [2.05, 4.69) is 0 Å². The summed E-state index contributed by atoms with van der Waals surface area (Å²) in [5, 5.41) is 0. The molecular formula is C13H16BNO5. The summed E-state index contributed by atoms with van der Waals surface area (Å²) >= 11 is 0. The van der Waals surface area contributed by atoms with E-state index in [4.69, 9.17) is 24.5 Å². The van der Waals surface area contributed by atoms with Gasteiger partial charge in [-0.2, -0.15) is 0 Å². The Hall–Kier alpha value is -1.57. The second-order valence-electron chi connectivity index (χ2n) is 4.82. The van der Waals surface area contributed by atoms with Crippen molar-refractivity contribution in [1.29, 1.82) is 0 Å². The van der Waals surface area contributed by atoms with Gasteiger partial charge < -0.3 is 24.5 Å². The van der Waals surface area contributed by atoms with Crippen molar-refractivity contribution in [2.24, 2.45) is 5.73 Å². The lowest BCUT2D eigenvalue weighted by Crippen LogP contribution is -2.37. The molecule has 2 atom stereocenters. The van der Waals surface area contributed by atoms with Gasteiger partial charge in [0, 0.05) is 18.9 Å². The molecule has 1 unspecified atom stereocenters. The van der Waals surface area contributed by atoms with E-state index in [-0.39, 0.29) is 24.8 Å². The monoisotopic (exact) mass is 277 g/mol. The summed E-state index contributed by atoms with van der Waals surface area (Å²) in [6.45, 7) is 2.20. The zero-order chi connectivity index (χ0) is 14.1. The van der Waals surface area contributed by atoms with Gasteiger partial charge >= 0.3 is 13.1 Å². The van der Waals surface area contributed by atoms with E-state index in [9.17, 15) is 4.79 Å². The predicted molar refractivity (Wildman–Crippen MR) is 71.7 cm³/mol. The molecule has 0 aliphatic carbocycles. The first kappa shape index (κ1) is 13.4. The van der Waals surface area contributed by atoms with Gasteiger partial charge in [-0.3, -0.25) is 4.79 Å². The van der Waals surface area contributed by atoms with Gasteiger partial charge in [0.2, 0.25) is 0 Å². The van der Waals surface area contributed by atoms with Crippen LogP contribution >= 0.6 is 0 Å². The third-order valence-electron chi connectivity index (χ3n) is 3.40. The SMILES string of the molecule is CC(=O)OC[C@@H]1COc2cccc3c2B(OC3CN)O1. The molecule has 6 nitrogen and oxygen atoms in total. The Kier molecular flexibility index (Phi) is 3.65. The molecule has 1 aromatic rings. The molecule has 3 rings (SSSR count). The van der Waals surface area contributed by atoms with Crippen LogP contribution in [0.2, 0.25) is 0 Å². The van der Waals surface area contributed by atoms with Gasteiger partial charge in [-0.25, -0.2) is 0 Å². The molecule has 2 N–H and O–H groups in total. The molecule has 2 heterocycles. The average Bonchev–Trinajstić information content (AvgIpc) is 2.69. The quantitative estimate of drug-likeness (QED) is 0.606. The van der Waals surface area contributed by atoms with Crippen molar-refractivity contribution in [3.8, 4) is 5.75 Å². The number of benzene rings is 1. The standard InChI is InChI=1S/C13H16BNO5/c1-8(16)17-6-9-7-18-11-4-2-3-10-12(5-15)20-14(19-9)13(10)11/h2-4,9,12H,5-7,15H2,1H3/t9-,12?/m1/s1. The fourth-order valence-corrected chi connectivity index (χ4v) is 2.49.